The number of aliphatic hydroxyl groups excluding tert-OH is 2. The van der Waals surface area contributed by atoms with Crippen LogP contribution in [0.15, 0.2) is 0 Å². The quantitative estimate of drug-likeness (QED) is 0.507. The summed E-state index contributed by atoms with van der Waals surface area (Å²) in [5.74, 6) is -1.11. The number of unbranched alkanes of at least 4 members (excludes halogenated alkanes) is 3. The van der Waals surface area contributed by atoms with Gasteiger partial charge in [-0.25, -0.2) is 0 Å². The molecule has 0 amide bonds. The molecule has 4 heteroatoms. The van der Waals surface area contributed by atoms with Crippen LogP contribution in [0.5, 0.6) is 0 Å². The molecule has 1 rings (SSSR count). The zero-order chi connectivity index (χ0) is 12.0. The van der Waals surface area contributed by atoms with Gasteiger partial charge in [-0.2, -0.15) is 0 Å². The van der Waals surface area contributed by atoms with Gasteiger partial charge in [0.1, 0.15) is 0 Å². The fraction of sp³-hybridized carbons (Fsp3) is 0.917. The number of carbonyl (C=O) groups is 1. The second-order valence-corrected chi connectivity index (χ2v) is 4.52. The van der Waals surface area contributed by atoms with E-state index in [1.165, 1.54) is 0 Å². The fourth-order valence-corrected chi connectivity index (χ4v) is 2.18. The Balaban J connectivity index is 2.33. The summed E-state index contributed by atoms with van der Waals surface area (Å²) >= 11 is 0. The lowest BCUT2D eigenvalue weighted by atomic mass is 9.88. The van der Waals surface area contributed by atoms with Gasteiger partial charge in [-0.1, -0.05) is 32.6 Å². The zero-order valence-corrected chi connectivity index (χ0v) is 9.89. The third-order valence-electron chi connectivity index (χ3n) is 3.22. The highest BCUT2D eigenvalue weighted by Gasteiger charge is 2.40. The number of aliphatic hydroxyl groups is 2. The highest BCUT2D eigenvalue weighted by Crippen LogP contribution is 2.27. The van der Waals surface area contributed by atoms with E-state index in [0.29, 0.717) is 6.42 Å². The molecule has 1 heterocycles. The number of ether oxygens (including phenoxy) is 1. The van der Waals surface area contributed by atoms with Crippen LogP contribution in [0.2, 0.25) is 0 Å². The van der Waals surface area contributed by atoms with E-state index < -0.39 is 12.0 Å². The van der Waals surface area contributed by atoms with Crippen molar-refractivity contribution in [1.29, 1.82) is 0 Å². The zero-order valence-electron chi connectivity index (χ0n) is 9.89. The Morgan fingerprint density at radius 3 is 2.81 bits per heavy atom. The van der Waals surface area contributed by atoms with Crippen molar-refractivity contribution in [3.05, 3.63) is 0 Å². The van der Waals surface area contributed by atoms with Crippen molar-refractivity contribution in [2.75, 3.05) is 13.2 Å². The van der Waals surface area contributed by atoms with Crippen molar-refractivity contribution in [3.63, 3.8) is 0 Å². The van der Waals surface area contributed by atoms with Crippen LogP contribution in [0.3, 0.4) is 0 Å². The van der Waals surface area contributed by atoms with Gasteiger partial charge in [0.05, 0.1) is 25.2 Å². The summed E-state index contributed by atoms with van der Waals surface area (Å²) in [6.07, 6.45) is 4.28. The Hall–Kier alpha value is -0.610. The van der Waals surface area contributed by atoms with E-state index in [1.54, 1.807) is 0 Å². The molecule has 16 heavy (non-hydrogen) atoms. The normalized spacial score (nSPS) is 26.8. The Morgan fingerprint density at radius 2 is 2.19 bits per heavy atom. The van der Waals surface area contributed by atoms with Crippen LogP contribution in [0.1, 0.15) is 39.0 Å². The molecule has 0 unspecified atom stereocenters. The van der Waals surface area contributed by atoms with Crippen LogP contribution >= 0.6 is 0 Å². The number of hydrogen-bond donors (Lipinski definition) is 2. The third-order valence-corrected chi connectivity index (χ3v) is 3.22. The summed E-state index contributed by atoms with van der Waals surface area (Å²) in [6, 6.07) is 0. The summed E-state index contributed by atoms with van der Waals surface area (Å²) in [5.41, 5.74) is 0. The molecule has 1 saturated heterocycles. The molecule has 0 spiro atoms. The SMILES string of the molecule is CCCCCC[C@H](O)[C@@H]1C(=O)OC[C@H]1CO. The average molecular weight is 230 g/mol. The van der Waals surface area contributed by atoms with Gasteiger partial charge >= 0.3 is 5.97 Å². The Morgan fingerprint density at radius 1 is 1.44 bits per heavy atom. The molecule has 0 saturated carbocycles. The summed E-state index contributed by atoms with van der Waals surface area (Å²) < 4.78 is 4.86. The molecule has 0 bridgehead atoms. The topological polar surface area (TPSA) is 66.8 Å². The van der Waals surface area contributed by atoms with Crippen LogP contribution in [0.4, 0.5) is 0 Å². The molecule has 0 aromatic heterocycles. The maximum absolute atomic E-state index is 11.4. The van der Waals surface area contributed by atoms with Gasteiger partial charge in [-0.15, -0.1) is 0 Å². The average Bonchev–Trinajstić information content (AvgIpc) is 2.65. The molecule has 0 radical (unpaired) electrons. The van der Waals surface area contributed by atoms with Crippen LogP contribution in [0.25, 0.3) is 0 Å². The van der Waals surface area contributed by atoms with E-state index in [2.05, 4.69) is 6.92 Å². The van der Waals surface area contributed by atoms with E-state index in [-0.39, 0.29) is 25.1 Å². The van der Waals surface area contributed by atoms with Crippen LogP contribution in [-0.2, 0) is 9.53 Å². The van der Waals surface area contributed by atoms with Crippen LogP contribution in [0, 0.1) is 11.8 Å². The largest absolute Gasteiger partial charge is 0.465 e. The molecule has 0 aliphatic carbocycles. The first-order valence-electron chi connectivity index (χ1n) is 6.16. The van der Waals surface area contributed by atoms with Crippen molar-refractivity contribution < 1.29 is 19.7 Å². The van der Waals surface area contributed by atoms with Gasteiger partial charge in [-0.3, -0.25) is 4.79 Å². The first kappa shape index (κ1) is 13.5. The predicted molar refractivity (Wildman–Crippen MR) is 59.8 cm³/mol. The van der Waals surface area contributed by atoms with Gasteiger partial charge in [0, 0.05) is 5.92 Å². The van der Waals surface area contributed by atoms with Crippen molar-refractivity contribution in [3.8, 4) is 0 Å². The van der Waals surface area contributed by atoms with Crippen LogP contribution < -0.4 is 0 Å². The predicted octanol–water partition coefficient (Wildman–Crippen LogP) is 1.10. The van der Waals surface area contributed by atoms with E-state index in [4.69, 9.17) is 9.84 Å². The van der Waals surface area contributed by atoms with Crippen LogP contribution in [-0.4, -0.2) is 35.5 Å². The Kier molecular flexibility index (Phi) is 5.77. The number of rotatable bonds is 7. The van der Waals surface area contributed by atoms with E-state index in [0.717, 1.165) is 25.7 Å². The van der Waals surface area contributed by atoms with Gasteiger partial charge < -0.3 is 14.9 Å². The smallest absolute Gasteiger partial charge is 0.312 e. The Bertz CT molecular complexity index is 217. The molecule has 94 valence electrons. The monoisotopic (exact) mass is 230 g/mol. The fourth-order valence-electron chi connectivity index (χ4n) is 2.18. The summed E-state index contributed by atoms with van der Waals surface area (Å²) in [4.78, 5) is 11.4. The molecule has 3 atom stereocenters. The lowest BCUT2D eigenvalue weighted by Gasteiger charge is -2.19. The lowest BCUT2D eigenvalue weighted by Crippen LogP contribution is -2.31. The highest BCUT2D eigenvalue weighted by molar-refractivity contribution is 5.75. The van der Waals surface area contributed by atoms with Gasteiger partial charge in [0.2, 0.25) is 0 Å². The maximum atomic E-state index is 11.4. The molecule has 1 fully saturated rings. The molecule has 0 aromatic rings. The lowest BCUT2D eigenvalue weighted by molar-refractivity contribution is -0.144. The molecule has 1 aliphatic heterocycles. The summed E-state index contributed by atoms with van der Waals surface area (Å²) in [5, 5.41) is 19.0. The Labute approximate surface area is 96.6 Å². The first-order valence-corrected chi connectivity index (χ1v) is 6.16. The molecule has 4 nitrogen and oxygen atoms in total. The number of esters is 1. The van der Waals surface area contributed by atoms with E-state index in [1.807, 2.05) is 0 Å². The molecular formula is C12H22O4. The third kappa shape index (κ3) is 3.46. The van der Waals surface area contributed by atoms with E-state index in [9.17, 15) is 9.90 Å². The second kappa shape index (κ2) is 6.86. The number of hydrogen-bond acceptors (Lipinski definition) is 4. The minimum Gasteiger partial charge on any atom is -0.465 e. The highest BCUT2D eigenvalue weighted by atomic mass is 16.5. The van der Waals surface area contributed by atoms with Gasteiger partial charge in [0.25, 0.3) is 0 Å². The van der Waals surface area contributed by atoms with Crippen molar-refractivity contribution in [2.24, 2.45) is 11.8 Å². The number of carbonyl (C=O) groups excluding carboxylic acids is 1. The van der Waals surface area contributed by atoms with Crippen molar-refractivity contribution in [2.45, 2.75) is 45.1 Å². The molecular weight excluding hydrogens is 208 g/mol. The molecule has 2 N–H and O–H groups in total. The van der Waals surface area contributed by atoms with Crippen molar-refractivity contribution >= 4 is 5.97 Å². The summed E-state index contributed by atoms with van der Waals surface area (Å²) in [7, 11) is 0. The van der Waals surface area contributed by atoms with Gasteiger partial charge in [0.15, 0.2) is 0 Å². The standard InChI is InChI=1S/C12H22O4/c1-2-3-4-5-6-10(14)11-9(7-13)8-16-12(11)15/h9-11,13-14H,2-8H2,1H3/t9-,10+,11-/m1/s1. The summed E-state index contributed by atoms with van der Waals surface area (Å²) in [6.45, 7) is 2.28. The second-order valence-electron chi connectivity index (χ2n) is 4.52. The maximum Gasteiger partial charge on any atom is 0.312 e. The number of cyclic esters (lactones) is 1. The van der Waals surface area contributed by atoms with E-state index >= 15 is 0 Å². The molecule has 0 aromatic carbocycles. The molecule has 1 aliphatic rings. The van der Waals surface area contributed by atoms with Gasteiger partial charge in [-0.05, 0) is 6.42 Å². The first-order chi connectivity index (χ1) is 7.70. The minimum atomic E-state index is -0.663. The van der Waals surface area contributed by atoms with Crippen molar-refractivity contribution in [1.82, 2.24) is 0 Å². The minimum absolute atomic E-state index is 0.0948.